The van der Waals surface area contributed by atoms with Crippen LogP contribution in [0.5, 0.6) is 5.75 Å². The van der Waals surface area contributed by atoms with Crippen molar-refractivity contribution in [1.82, 2.24) is 4.90 Å². The minimum Gasteiger partial charge on any atom is -0.497 e. The number of benzene rings is 2. The number of hydrogen-bond acceptors (Lipinski definition) is 6. The van der Waals surface area contributed by atoms with Gasteiger partial charge in [0.25, 0.3) is 0 Å². The van der Waals surface area contributed by atoms with E-state index in [0.29, 0.717) is 30.8 Å². The summed E-state index contributed by atoms with van der Waals surface area (Å²) >= 11 is 0. The van der Waals surface area contributed by atoms with Crippen LogP contribution in [-0.2, 0) is 21.2 Å². The van der Waals surface area contributed by atoms with Crippen LogP contribution >= 0.6 is 0 Å². The van der Waals surface area contributed by atoms with Crippen molar-refractivity contribution < 1.29 is 17.9 Å². The molecule has 1 aliphatic rings. The fraction of sp³-hybridized carbons (Fsp3) is 0.364. The Morgan fingerprint density at radius 1 is 1.20 bits per heavy atom. The molecule has 0 aromatic heterocycles. The van der Waals surface area contributed by atoms with Crippen molar-refractivity contribution in [3.8, 4) is 11.8 Å². The smallest absolute Gasteiger partial charge is 0.225 e. The van der Waals surface area contributed by atoms with Gasteiger partial charge in [0.05, 0.1) is 30.2 Å². The number of nitrogens with zero attached hydrogens (tertiary/aromatic N) is 2. The van der Waals surface area contributed by atoms with Crippen molar-refractivity contribution in [1.29, 1.82) is 5.26 Å². The van der Waals surface area contributed by atoms with Gasteiger partial charge < -0.3 is 10.1 Å². The quantitative estimate of drug-likeness (QED) is 0.695. The van der Waals surface area contributed by atoms with Crippen molar-refractivity contribution in [2.75, 3.05) is 30.5 Å². The molecular formula is C22H25N3O4S. The highest BCUT2D eigenvalue weighted by molar-refractivity contribution is 7.91. The van der Waals surface area contributed by atoms with Gasteiger partial charge in [-0.1, -0.05) is 12.1 Å². The first kappa shape index (κ1) is 21.8. The van der Waals surface area contributed by atoms with Crippen LogP contribution in [0.15, 0.2) is 48.5 Å². The lowest BCUT2D eigenvalue weighted by Crippen LogP contribution is -2.37. The molecule has 1 aliphatic heterocycles. The van der Waals surface area contributed by atoms with Crippen molar-refractivity contribution >= 4 is 21.4 Å². The molecule has 3 rings (SSSR count). The van der Waals surface area contributed by atoms with E-state index >= 15 is 0 Å². The Bertz CT molecular complexity index is 1010. The number of anilines is 1. The van der Waals surface area contributed by atoms with E-state index in [1.54, 1.807) is 31.4 Å². The summed E-state index contributed by atoms with van der Waals surface area (Å²) in [6.07, 6.45) is 0.822. The molecule has 0 spiro atoms. The molecule has 1 amide bonds. The highest BCUT2D eigenvalue weighted by atomic mass is 32.2. The van der Waals surface area contributed by atoms with Crippen molar-refractivity contribution in [3.63, 3.8) is 0 Å². The van der Waals surface area contributed by atoms with E-state index in [2.05, 4.69) is 10.2 Å². The average Bonchev–Trinajstić information content (AvgIpc) is 3.11. The molecule has 158 valence electrons. The third kappa shape index (κ3) is 6.05. The molecule has 30 heavy (non-hydrogen) atoms. The van der Waals surface area contributed by atoms with E-state index in [0.717, 1.165) is 11.3 Å². The average molecular weight is 428 g/mol. The Morgan fingerprint density at radius 3 is 2.47 bits per heavy atom. The van der Waals surface area contributed by atoms with Gasteiger partial charge in [-0.2, -0.15) is 5.26 Å². The molecule has 2 aromatic carbocycles. The molecule has 7 nitrogen and oxygen atoms in total. The molecule has 0 aliphatic carbocycles. The van der Waals surface area contributed by atoms with Crippen molar-refractivity contribution in [3.05, 3.63) is 59.7 Å². The van der Waals surface area contributed by atoms with Crippen LogP contribution < -0.4 is 10.1 Å². The SMILES string of the molecule is COc1ccc(CN(CCC(=O)Nc2ccc(C#N)cc2)C2CCS(=O)(=O)C2)cc1. The predicted molar refractivity (Wildman–Crippen MR) is 115 cm³/mol. The molecule has 1 saturated heterocycles. The molecule has 8 heteroatoms. The summed E-state index contributed by atoms with van der Waals surface area (Å²) in [4.78, 5) is 14.5. The lowest BCUT2D eigenvalue weighted by molar-refractivity contribution is -0.116. The topological polar surface area (TPSA) is 99.5 Å². The zero-order chi connectivity index (χ0) is 21.6. The van der Waals surface area contributed by atoms with Crippen molar-refractivity contribution in [2.45, 2.75) is 25.4 Å². The second kappa shape index (κ2) is 9.74. The predicted octanol–water partition coefficient (Wildman–Crippen LogP) is 2.58. The minimum absolute atomic E-state index is 0.0974. The molecule has 0 radical (unpaired) electrons. The fourth-order valence-corrected chi connectivity index (χ4v) is 5.28. The number of amides is 1. The maximum atomic E-state index is 12.4. The summed E-state index contributed by atoms with van der Waals surface area (Å²) in [6.45, 7) is 1.02. The number of methoxy groups -OCH3 is 1. The third-order valence-electron chi connectivity index (χ3n) is 5.19. The van der Waals surface area contributed by atoms with Gasteiger partial charge in [-0.15, -0.1) is 0 Å². The second-order valence-electron chi connectivity index (χ2n) is 7.36. The normalized spacial score (nSPS) is 17.4. The lowest BCUT2D eigenvalue weighted by Gasteiger charge is -2.28. The molecule has 1 unspecified atom stereocenters. The van der Waals surface area contributed by atoms with Crippen LogP contribution in [0, 0.1) is 11.3 Å². The number of nitrogens with one attached hydrogen (secondary N) is 1. The van der Waals surface area contributed by atoms with E-state index in [1.165, 1.54) is 0 Å². The van der Waals surface area contributed by atoms with Crippen LogP contribution in [0.25, 0.3) is 0 Å². The fourth-order valence-electron chi connectivity index (χ4n) is 3.52. The van der Waals surface area contributed by atoms with Gasteiger partial charge in [0, 0.05) is 31.2 Å². The summed E-state index contributed by atoms with van der Waals surface area (Å²) < 4.78 is 29.1. The van der Waals surface area contributed by atoms with E-state index in [4.69, 9.17) is 10.00 Å². The van der Waals surface area contributed by atoms with Gasteiger partial charge in [-0.25, -0.2) is 8.42 Å². The number of sulfone groups is 1. The Balaban J connectivity index is 1.63. The van der Waals surface area contributed by atoms with E-state index < -0.39 is 9.84 Å². The molecule has 1 fully saturated rings. The third-order valence-corrected chi connectivity index (χ3v) is 6.94. The first-order chi connectivity index (χ1) is 14.4. The summed E-state index contributed by atoms with van der Waals surface area (Å²) in [5, 5.41) is 11.7. The van der Waals surface area contributed by atoms with Gasteiger partial charge >= 0.3 is 0 Å². The lowest BCUT2D eigenvalue weighted by atomic mass is 10.1. The summed E-state index contributed by atoms with van der Waals surface area (Å²) in [5.74, 6) is 0.921. The highest BCUT2D eigenvalue weighted by Crippen LogP contribution is 2.21. The zero-order valence-electron chi connectivity index (χ0n) is 16.9. The number of carbonyl (C=O) groups is 1. The summed E-state index contributed by atoms with van der Waals surface area (Å²) in [5.41, 5.74) is 2.19. The first-order valence-corrected chi connectivity index (χ1v) is 11.6. The van der Waals surface area contributed by atoms with Crippen LogP contribution in [0.2, 0.25) is 0 Å². The number of ether oxygens (including phenoxy) is 1. The van der Waals surface area contributed by atoms with Crippen LogP contribution in [0.1, 0.15) is 24.0 Å². The number of carbonyl (C=O) groups excluding carboxylic acids is 1. The summed E-state index contributed by atoms with van der Waals surface area (Å²) in [7, 11) is -1.42. The number of hydrogen-bond donors (Lipinski definition) is 1. The summed E-state index contributed by atoms with van der Waals surface area (Å²) in [6, 6.07) is 16.3. The Kier molecular flexibility index (Phi) is 7.08. The van der Waals surface area contributed by atoms with E-state index in [1.807, 2.05) is 30.3 Å². The van der Waals surface area contributed by atoms with Crippen LogP contribution in [0.3, 0.4) is 0 Å². The van der Waals surface area contributed by atoms with Gasteiger partial charge in [0.15, 0.2) is 9.84 Å². The van der Waals surface area contributed by atoms with Gasteiger partial charge in [0.1, 0.15) is 5.75 Å². The number of nitriles is 1. The number of rotatable bonds is 8. The standard InChI is InChI=1S/C22H25N3O4S/c1-29-21-8-4-18(5-9-21)15-25(20-11-13-30(27,28)16-20)12-10-22(26)24-19-6-2-17(14-23)3-7-19/h2-9,20H,10-13,15-16H2,1H3,(H,24,26). The Labute approximate surface area is 177 Å². The zero-order valence-corrected chi connectivity index (χ0v) is 17.7. The maximum Gasteiger partial charge on any atom is 0.225 e. The Hall–Kier alpha value is -2.89. The molecule has 2 aromatic rings. The van der Waals surface area contributed by atoms with Crippen LogP contribution in [-0.4, -0.2) is 50.4 Å². The van der Waals surface area contributed by atoms with Gasteiger partial charge in [-0.3, -0.25) is 9.69 Å². The van der Waals surface area contributed by atoms with Crippen LogP contribution in [0.4, 0.5) is 5.69 Å². The maximum absolute atomic E-state index is 12.4. The van der Waals surface area contributed by atoms with E-state index in [-0.39, 0.29) is 29.9 Å². The second-order valence-corrected chi connectivity index (χ2v) is 9.59. The molecule has 0 bridgehead atoms. The highest BCUT2D eigenvalue weighted by Gasteiger charge is 2.32. The molecular weight excluding hydrogens is 402 g/mol. The molecule has 1 heterocycles. The molecule has 1 atom stereocenters. The molecule has 1 N–H and O–H groups in total. The van der Waals surface area contributed by atoms with E-state index in [9.17, 15) is 13.2 Å². The molecule has 0 saturated carbocycles. The minimum atomic E-state index is -3.03. The first-order valence-electron chi connectivity index (χ1n) is 9.76. The van der Waals surface area contributed by atoms with Gasteiger partial charge in [-0.05, 0) is 48.4 Å². The van der Waals surface area contributed by atoms with Crippen molar-refractivity contribution in [2.24, 2.45) is 0 Å². The van der Waals surface area contributed by atoms with Gasteiger partial charge in [0.2, 0.25) is 5.91 Å². The Morgan fingerprint density at radius 2 is 1.90 bits per heavy atom. The monoisotopic (exact) mass is 427 g/mol. The largest absolute Gasteiger partial charge is 0.497 e.